The quantitative estimate of drug-likeness (QED) is 0.662. The van der Waals surface area contributed by atoms with Crippen molar-refractivity contribution in [2.45, 2.75) is 56.0 Å². The summed E-state index contributed by atoms with van der Waals surface area (Å²) in [7, 11) is -1.57. The molecule has 0 bridgehead atoms. The maximum atomic E-state index is 12.9. The second-order valence-electron chi connectivity index (χ2n) is 7.81. The molecule has 1 aliphatic carbocycles. The molecule has 3 rings (SSSR count). The monoisotopic (exact) mass is 471 g/mol. The predicted octanol–water partition coefficient (Wildman–Crippen LogP) is 2.94. The number of rotatable bonds is 5. The summed E-state index contributed by atoms with van der Waals surface area (Å²) in [6.07, 6.45) is 5.84. The van der Waals surface area contributed by atoms with Crippen molar-refractivity contribution in [3.05, 3.63) is 28.7 Å². The van der Waals surface area contributed by atoms with Crippen LogP contribution in [0.25, 0.3) is 0 Å². The molecule has 1 aromatic carbocycles. The lowest BCUT2D eigenvalue weighted by molar-refractivity contribution is -0.138. The Bertz CT molecular complexity index is 770. The lowest BCUT2D eigenvalue weighted by Gasteiger charge is -2.39. The van der Waals surface area contributed by atoms with E-state index in [4.69, 9.17) is 0 Å². The van der Waals surface area contributed by atoms with E-state index in [2.05, 4.69) is 20.8 Å². The van der Waals surface area contributed by atoms with E-state index in [0.717, 1.165) is 17.3 Å². The standard InChI is InChI=1S/C20H30BrN3O3S/c1-16(20(25)22(2)18-6-4-3-5-7-18)23-12-14-24(15-13-23)28(26,27)19-10-8-17(21)9-11-19/h8-11,16,18H,3-7,12-15H2,1-2H3/t16-/m1/s1. The molecule has 6 nitrogen and oxygen atoms in total. The molecular weight excluding hydrogens is 442 g/mol. The van der Waals surface area contributed by atoms with Gasteiger partial charge in [-0.15, -0.1) is 0 Å². The minimum Gasteiger partial charge on any atom is -0.341 e. The number of benzene rings is 1. The Morgan fingerprint density at radius 1 is 1.07 bits per heavy atom. The van der Waals surface area contributed by atoms with Crippen LogP contribution in [-0.4, -0.2) is 73.7 Å². The highest BCUT2D eigenvalue weighted by molar-refractivity contribution is 9.10. The van der Waals surface area contributed by atoms with Crippen molar-refractivity contribution in [1.82, 2.24) is 14.1 Å². The molecule has 1 atom stereocenters. The number of piperazine rings is 1. The summed E-state index contributed by atoms with van der Waals surface area (Å²) in [6.45, 7) is 3.90. The zero-order chi connectivity index (χ0) is 20.3. The number of halogens is 1. The van der Waals surface area contributed by atoms with Crippen LogP contribution in [0.4, 0.5) is 0 Å². The molecule has 1 aliphatic heterocycles. The van der Waals surface area contributed by atoms with Gasteiger partial charge in [-0.2, -0.15) is 4.31 Å². The molecule has 8 heteroatoms. The predicted molar refractivity (Wildman–Crippen MR) is 114 cm³/mol. The highest BCUT2D eigenvalue weighted by Crippen LogP contribution is 2.24. The molecule has 1 heterocycles. The van der Waals surface area contributed by atoms with Gasteiger partial charge in [0.05, 0.1) is 10.9 Å². The average Bonchev–Trinajstić information content (AvgIpc) is 2.73. The second-order valence-corrected chi connectivity index (χ2v) is 10.7. The molecular formula is C20H30BrN3O3S. The summed E-state index contributed by atoms with van der Waals surface area (Å²) in [4.78, 5) is 17.3. The van der Waals surface area contributed by atoms with E-state index >= 15 is 0 Å². The SMILES string of the molecule is C[C@H](C(=O)N(C)C1CCCCC1)N1CCN(S(=O)(=O)c2ccc(Br)cc2)CC1. The fourth-order valence-corrected chi connectivity index (χ4v) is 5.87. The molecule has 0 radical (unpaired) electrons. The lowest BCUT2D eigenvalue weighted by Crippen LogP contribution is -2.56. The molecule has 0 N–H and O–H groups in total. The maximum Gasteiger partial charge on any atom is 0.243 e. The number of hydrogen-bond acceptors (Lipinski definition) is 4. The van der Waals surface area contributed by atoms with E-state index in [1.807, 2.05) is 18.9 Å². The van der Waals surface area contributed by atoms with E-state index in [-0.39, 0.29) is 11.9 Å². The van der Waals surface area contributed by atoms with Gasteiger partial charge in [0.1, 0.15) is 0 Å². The maximum absolute atomic E-state index is 12.9. The lowest BCUT2D eigenvalue weighted by atomic mass is 9.94. The molecule has 2 fully saturated rings. The van der Waals surface area contributed by atoms with Crippen molar-refractivity contribution in [3.8, 4) is 0 Å². The van der Waals surface area contributed by atoms with Crippen LogP contribution in [0.5, 0.6) is 0 Å². The van der Waals surface area contributed by atoms with E-state index < -0.39 is 10.0 Å². The molecule has 0 spiro atoms. The van der Waals surface area contributed by atoms with E-state index in [1.54, 1.807) is 24.3 Å². The van der Waals surface area contributed by atoms with Crippen LogP contribution in [0.2, 0.25) is 0 Å². The average molecular weight is 472 g/mol. The van der Waals surface area contributed by atoms with Crippen molar-refractivity contribution >= 4 is 31.9 Å². The Labute approximate surface area is 177 Å². The van der Waals surface area contributed by atoms with E-state index in [9.17, 15) is 13.2 Å². The smallest absolute Gasteiger partial charge is 0.243 e. The zero-order valence-electron chi connectivity index (χ0n) is 16.7. The third-order valence-electron chi connectivity index (χ3n) is 6.10. The van der Waals surface area contributed by atoms with Crippen molar-refractivity contribution in [1.29, 1.82) is 0 Å². The Hall–Kier alpha value is -0.960. The van der Waals surface area contributed by atoms with Crippen molar-refractivity contribution in [3.63, 3.8) is 0 Å². The Morgan fingerprint density at radius 2 is 1.64 bits per heavy atom. The third kappa shape index (κ3) is 4.78. The number of hydrogen-bond donors (Lipinski definition) is 0. The fourth-order valence-electron chi connectivity index (χ4n) is 4.19. The molecule has 2 aliphatic rings. The number of likely N-dealkylation sites (N-methyl/N-ethyl adjacent to an activating group) is 1. The highest BCUT2D eigenvalue weighted by Gasteiger charge is 2.34. The van der Waals surface area contributed by atoms with Crippen molar-refractivity contribution < 1.29 is 13.2 Å². The molecule has 156 valence electrons. The van der Waals surface area contributed by atoms with Crippen molar-refractivity contribution in [2.75, 3.05) is 33.2 Å². The summed E-state index contributed by atoms with van der Waals surface area (Å²) < 4.78 is 28.1. The van der Waals surface area contributed by atoms with Crippen LogP contribution >= 0.6 is 15.9 Å². The molecule has 1 amide bonds. The van der Waals surface area contributed by atoms with Gasteiger partial charge < -0.3 is 4.90 Å². The number of amides is 1. The summed E-state index contributed by atoms with van der Waals surface area (Å²) in [5, 5.41) is 0. The van der Waals surface area contributed by atoms with Crippen LogP contribution in [0, 0.1) is 0 Å². The van der Waals surface area contributed by atoms with Crippen LogP contribution in [-0.2, 0) is 14.8 Å². The first-order valence-electron chi connectivity index (χ1n) is 10.1. The van der Waals surface area contributed by atoms with Crippen molar-refractivity contribution in [2.24, 2.45) is 0 Å². The van der Waals surface area contributed by atoms with Gasteiger partial charge in [-0.1, -0.05) is 35.2 Å². The normalized spacial score (nSPS) is 21.4. The van der Waals surface area contributed by atoms with Crippen LogP contribution in [0.15, 0.2) is 33.6 Å². The summed E-state index contributed by atoms with van der Waals surface area (Å²) in [5.74, 6) is 0.149. The first-order valence-corrected chi connectivity index (χ1v) is 12.3. The van der Waals surface area contributed by atoms with E-state index in [1.165, 1.54) is 23.6 Å². The Morgan fingerprint density at radius 3 is 2.21 bits per heavy atom. The number of nitrogens with zero attached hydrogens (tertiary/aromatic N) is 3. The molecule has 28 heavy (non-hydrogen) atoms. The molecule has 1 aromatic rings. The van der Waals surface area contributed by atoms with Gasteiger partial charge in [-0.3, -0.25) is 9.69 Å². The highest BCUT2D eigenvalue weighted by atomic mass is 79.9. The minimum atomic E-state index is -3.49. The summed E-state index contributed by atoms with van der Waals surface area (Å²) in [6, 6.07) is 6.86. The zero-order valence-corrected chi connectivity index (χ0v) is 19.1. The number of sulfonamides is 1. The molecule has 1 saturated carbocycles. The van der Waals surface area contributed by atoms with Crippen LogP contribution < -0.4 is 0 Å². The van der Waals surface area contributed by atoms with Gasteiger partial charge >= 0.3 is 0 Å². The van der Waals surface area contributed by atoms with E-state index in [0.29, 0.717) is 37.1 Å². The first-order chi connectivity index (χ1) is 13.3. The van der Waals surface area contributed by atoms with Gasteiger partial charge in [0.2, 0.25) is 15.9 Å². The summed E-state index contributed by atoms with van der Waals surface area (Å²) in [5.41, 5.74) is 0. The largest absolute Gasteiger partial charge is 0.341 e. The van der Waals surface area contributed by atoms with Crippen LogP contribution in [0.1, 0.15) is 39.0 Å². The van der Waals surface area contributed by atoms with Gasteiger partial charge in [0.25, 0.3) is 0 Å². The Balaban J connectivity index is 1.58. The minimum absolute atomic E-state index is 0.149. The van der Waals surface area contributed by atoms with Gasteiger partial charge in [0, 0.05) is 43.7 Å². The molecule has 1 saturated heterocycles. The summed E-state index contributed by atoms with van der Waals surface area (Å²) >= 11 is 3.33. The fraction of sp³-hybridized carbons (Fsp3) is 0.650. The van der Waals surface area contributed by atoms with Gasteiger partial charge in [-0.25, -0.2) is 8.42 Å². The van der Waals surface area contributed by atoms with Gasteiger partial charge in [-0.05, 0) is 44.0 Å². The van der Waals surface area contributed by atoms with Crippen LogP contribution in [0.3, 0.4) is 0 Å². The number of carbonyl (C=O) groups is 1. The number of carbonyl (C=O) groups excluding carboxylic acids is 1. The third-order valence-corrected chi connectivity index (χ3v) is 8.54. The first kappa shape index (κ1) is 21.7. The molecule has 0 unspecified atom stereocenters. The topological polar surface area (TPSA) is 60.9 Å². The molecule has 0 aromatic heterocycles. The second kappa shape index (κ2) is 9.24. The van der Waals surface area contributed by atoms with Gasteiger partial charge in [0.15, 0.2) is 0 Å². The Kier molecular flexibility index (Phi) is 7.17.